The first-order chi connectivity index (χ1) is 26.2. The maximum atomic E-state index is 5.32. The molecule has 1 aliphatic heterocycles. The predicted molar refractivity (Wildman–Crippen MR) is 225 cm³/mol. The molecule has 0 amide bonds. The molecule has 0 saturated carbocycles. The van der Waals surface area contributed by atoms with Crippen LogP contribution in [0.1, 0.15) is 30.0 Å². The molecule has 0 bridgehead atoms. The Kier molecular flexibility index (Phi) is 8.63. The van der Waals surface area contributed by atoms with Crippen molar-refractivity contribution in [3.05, 3.63) is 211 Å². The minimum Gasteiger partial charge on any atom is -0.256 e. The standard InChI is InChI=1S/C51H38N2/c1-35-19-20-43(33-50(40-11-4-2-5-12-40)53-51(35)41-13-6-3-7-14-41)37-23-21-36(22-24-37)42-29-30-48-44(31-42)16-10-17-47(48)39-27-25-38(26-28-39)46-32-45-15-8-9-18-49(45)52-34-46/h2-18,20-35H,19H2,1H3/b43-20-,50-33-,53-51+. The van der Waals surface area contributed by atoms with Crippen molar-refractivity contribution in [1.82, 2.24) is 4.98 Å². The molecule has 0 radical (unpaired) electrons. The lowest BCUT2D eigenvalue weighted by molar-refractivity contribution is 0.791. The lowest BCUT2D eigenvalue weighted by Crippen LogP contribution is -2.13. The molecule has 0 fully saturated rings. The van der Waals surface area contributed by atoms with Crippen LogP contribution in [0.3, 0.4) is 0 Å². The number of aliphatic imine (C=N–C) groups is 1. The van der Waals surface area contributed by atoms with Crippen LogP contribution in [0.5, 0.6) is 0 Å². The van der Waals surface area contributed by atoms with Crippen molar-refractivity contribution in [3.8, 4) is 33.4 Å². The Bertz CT molecular complexity index is 2670. The zero-order valence-electron chi connectivity index (χ0n) is 29.7. The second-order valence-corrected chi connectivity index (χ2v) is 13.9. The van der Waals surface area contributed by atoms with Crippen LogP contribution in [0.15, 0.2) is 199 Å². The van der Waals surface area contributed by atoms with Gasteiger partial charge in [-0.3, -0.25) is 9.98 Å². The van der Waals surface area contributed by atoms with E-state index in [0.717, 1.165) is 39.9 Å². The third-order valence-corrected chi connectivity index (χ3v) is 10.4. The molecule has 0 saturated heterocycles. The van der Waals surface area contributed by atoms with Gasteiger partial charge in [0.2, 0.25) is 0 Å². The molecule has 0 N–H and O–H groups in total. The van der Waals surface area contributed by atoms with Crippen LogP contribution in [-0.2, 0) is 0 Å². The van der Waals surface area contributed by atoms with Crippen LogP contribution in [0.4, 0.5) is 0 Å². The summed E-state index contributed by atoms with van der Waals surface area (Å²) in [6.45, 7) is 2.28. The van der Waals surface area contributed by atoms with Crippen molar-refractivity contribution in [3.63, 3.8) is 0 Å². The minimum absolute atomic E-state index is 0.279. The Morgan fingerprint density at radius 1 is 0.472 bits per heavy atom. The highest BCUT2D eigenvalue weighted by atomic mass is 14.8. The van der Waals surface area contributed by atoms with Crippen LogP contribution < -0.4 is 0 Å². The summed E-state index contributed by atoms with van der Waals surface area (Å²) >= 11 is 0. The second kappa shape index (κ2) is 14.2. The summed E-state index contributed by atoms with van der Waals surface area (Å²) in [4.78, 5) is 9.99. The summed E-state index contributed by atoms with van der Waals surface area (Å²) in [7, 11) is 0. The van der Waals surface area contributed by atoms with Gasteiger partial charge in [0.15, 0.2) is 0 Å². The fourth-order valence-corrected chi connectivity index (χ4v) is 7.45. The van der Waals surface area contributed by atoms with Crippen molar-refractivity contribution >= 4 is 38.7 Å². The molecular formula is C51H38N2. The summed E-state index contributed by atoms with van der Waals surface area (Å²) < 4.78 is 0. The van der Waals surface area contributed by atoms with Gasteiger partial charge in [-0.25, -0.2) is 0 Å². The summed E-state index contributed by atoms with van der Waals surface area (Å²) in [5, 5.41) is 3.63. The molecule has 53 heavy (non-hydrogen) atoms. The molecule has 1 aromatic heterocycles. The van der Waals surface area contributed by atoms with Crippen molar-refractivity contribution < 1.29 is 0 Å². The van der Waals surface area contributed by atoms with Gasteiger partial charge in [0.25, 0.3) is 0 Å². The molecule has 1 atom stereocenters. The predicted octanol–water partition coefficient (Wildman–Crippen LogP) is 13.3. The van der Waals surface area contributed by atoms with E-state index in [1.54, 1.807) is 0 Å². The van der Waals surface area contributed by atoms with Crippen LogP contribution in [0.25, 0.3) is 66.3 Å². The molecule has 2 nitrogen and oxygen atoms in total. The lowest BCUT2D eigenvalue weighted by atomic mass is 9.90. The van der Waals surface area contributed by atoms with Gasteiger partial charge in [-0.15, -0.1) is 0 Å². The van der Waals surface area contributed by atoms with Gasteiger partial charge in [-0.2, -0.15) is 0 Å². The Morgan fingerprint density at radius 3 is 1.85 bits per heavy atom. The molecule has 252 valence electrons. The average Bonchev–Trinajstić information content (AvgIpc) is 3.23. The van der Waals surface area contributed by atoms with Crippen molar-refractivity contribution in [1.29, 1.82) is 0 Å². The maximum absolute atomic E-state index is 5.32. The number of fused-ring (bicyclic) bond motifs is 2. The fraction of sp³-hybridized carbons (Fsp3) is 0.0588. The van der Waals surface area contributed by atoms with Crippen molar-refractivity contribution in [2.75, 3.05) is 0 Å². The highest BCUT2D eigenvalue weighted by molar-refractivity contribution is 6.06. The van der Waals surface area contributed by atoms with E-state index in [4.69, 9.17) is 4.99 Å². The van der Waals surface area contributed by atoms with Crippen LogP contribution >= 0.6 is 0 Å². The van der Waals surface area contributed by atoms with Crippen LogP contribution in [0.2, 0.25) is 0 Å². The third-order valence-electron chi connectivity index (χ3n) is 10.4. The van der Waals surface area contributed by atoms with E-state index in [1.165, 1.54) is 55.3 Å². The Balaban J connectivity index is 1.000. The highest BCUT2D eigenvalue weighted by Crippen LogP contribution is 2.35. The van der Waals surface area contributed by atoms with Crippen LogP contribution in [0, 0.1) is 5.92 Å². The van der Waals surface area contributed by atoms with Crippen molar-refractivity contribution in [2.45, 2.75) is 13.3 Å². The van der Waals surface area contributed by atoms with Gasteiger partial charge >= 0.3 is 0 Å². The second-order valence-electron chi connectivity index (χ2n) is 13.9. The summed E-state index contributed by atoms with van der Waals surface area (Å²) in [6.07, 6.45) is 7.51. The molecule has 0 aliphatic carbocycles. The Hall–Kier alpha value is -6.64. The van der Waals surface area contributed by atoms with E-state index in [9.17, 15) is 0 Å². The largest absolute Gasteiger partial charge is 0.256 e. The third kappa shape index (κ3) is 6.64. The quantitative estimate of drug-likeness (QED) is 0.172. The van der Waals surface area contributed by atoms with E-state index >= 15 is 0 Å². The number of para-hydroxylation sites is 1. The van der Waals surface area contributed by atoms with E-state index in [1.807, 2.05) is 12.3 Å². The summed E-state index contributed by atoms with van der Waals surface area (Å²) in [6, 6.07) is 62.9. The number of hydrogen-bond donors (Lipinski definition) is 0. The van der Waals surface area contributed by atoms with Gasteiger partial charge in [-0.1, -0.05) is 171 Å². The molecule has 1 unspecified atom stereocenters. The fourth-order valence-electron chi connectivity index (χ4n) is 7.45. The molecule has 2 heterocycles. The van der Waals surface area contributed by atoms with Gasteiger partial charge in [-0.05, 0) is 86.0 Å². The minimum atomic E-state index is 0.279. The summed E-state index contributed by atoms with van der Waals surface area (Å²) in [5.74, 6) is 0.279. The van der Waals surface area contributed by atoms with Gasteiger partial charge in [0, 0.05) is 28.6 Å². The number of allylic oxidation sites excluding steroid dienone is 3. The van der Waals surface area contributed by atoms with Gasteiger partial charge in [0.05, 0.1) is 16.9 Å². The van der Waals surface area contributed by atoms with Crippen molar-refractivity contribution in [2.24, 2.45) is 10.9 Å². The monoisotopic (exact) mass is 678 g/mol. The topological polar surface area (TPSA) is 25.2 Å². The smallest absolute Gasteiger partial charge is 0.0711 e. The molecule has 8 aromatic rings. The van der Waals surface area contributed by atoms with Gasteiger partial charge in [0.1, 0.15) is 0 Å². The van der Waals surface area contributed by atoms with E-state index < -0.39 is 0 Å². The molecule has 0 spiro atoms. The van der Waals surface area contributed by atoms with Gasteiger partial charge < -0.3 is 0 Å². The SMILES string of the molecule is CC1C/C=C(c2ccc(-c3ccc4c(-c5ccc(-c6cnc7ccccc7c6)cc5)cccc4c3)cc2)/C=C(c2ccccc2)\N=C/1c1ccccc1. The molecule has 9 rings (SSSR count). The molecular weight excluding hydrogens is 641 g/mol. The lowest BCUT2D eigenvalue weighted by Gasteiger charge is -2.19. The number of rotatable bonds is 6. The zero-order chi connectivity index (χ0) is 35.6. The number of benzene rings is 7. The highest BCUT2D eigenvalue weighted by Gasteiger charge is 2.17. The number of pyridine rings is 1. The number of aromatic nitrogens is 1. The summed E-state index contributed by atoms with van der Waals surface area (Å²) in [5.41, 5.74) is 15.0. The molecule has 2 heteroatoms. The van der Waals surface area contributed by atoms with E-state index in [0.29, 0.717) is 0 Å². The Morgan fingerprint density at radius 2 is 1.08 bits per heavy atom. The normalized spacial score (nSPS) is 17.5. The maximum Gasteiger partial charge on any atom is 0.0711 e. The zero-order valence-corrected chi connectivity index (χ0v) is 29.7. The molecule has 7 aromatic carbocycles. The van der Waals surface area contributed by atoms with E-state index in [2.05, 4.69) is 194 Å². The first kappa shape index (κ1) is 32.3. The first-order valence-corrected chi connectivity index (χ1v) is 18.4. The van der Waals surface area contributed by atoms with Crippen LogP contribution in [-0.4, -0.2) is 10.7 Å². The number of nitrogens with zero attached hydrogens (tertiary/aromatic N) is 2. The average molecular weight is 679 g/mol. The van der Waals surface area contributed by atoms with E-state index in [-0.39, 0.29) is 5.92 Å². The first-order valence-electron chi connectivity index (χ1n) is 18.4. The molecule has 1 aliphatic rings. The number of hydrogen-bond acceptors (Lipinski definition) is 2. The Labute approximate surface area is 311 Å².